The highest BCUT2D eigenvalue weighted by Crippen LogP contribution is 2.22. The molecule has 17 heavy (non-hydrogen) atoms. The highest BCUT2D eigenvalue weighted by molar-refractivity contribution is 9.10. The van der Waals surface area contributed by atoms with Gasteiger partial charge in [-0.2, -0.15) is 0 Å². The molecule has 0 spiro atoms. The normalized spacial score (nSPS) is 10.3. The minimum atomic E-state index is 0.638. The molecule has 0 aliphatic heterocycles. The Bertz CT molecular complexity index is 514. The van der Waals surface area contributed by atoms with Gasteiger partial charge in [0.1, 0.15) is 4.60 Å². The van der Waals surface area contributed by atoms with Gasteiger partial charge in [0, 0.05) is 16.6 Å². The highest BCUT2D eigenvalue weighted by Gasteiger charge is 2.01. The van der Waals surface area contributed by atoms with E-state index in [-0.39, 0.29) is 0 Å². The fourth-order valence-corrected chi connectivity index (χ4v) is 2.05. The Morgan fingerprint density at radius 2 is 2.00 bits per heavy atom. The lowest BCUT2D eigenvalue weighted by Gasteiger charge is -2.08. The standard InChI is InChI=1S/C12H9BrCl2N2/c13-12-4-3-10(7-17-12)16-6-8-1-2-9(14)5-11(8)15/h1-5,7,16H,6H2. The van der Waals surface area contributed by atoms with Crippen LogP contribution in [0.15, 0.2) is 41.1 Å². The molecular weight excluding hydrogens is 323 g/mol. The minimum Gasteiger partial charge on any atom is -0.380 e. The lowest BCUT2D eigenvalue weighted by atomic mass is 10.2. The Hall–Kier alpha value is -0.770. The summed E-state index contributed by atoms with van der Waals surface area (Å²) >= 11 is 15.2. The second-order valence-corrected chi connectivity index (χ2v) is 5.11. The summed E-state index contributed by atoms with van der Waals surface area (Å²) in [6.07, 6.45) is 1.76. The van der Waals surface area contributed by atoms with Gasteiger partial charge in [-0.3, -0.25) is 0 Å². The Morgan fingerprint density at radius 3 is 2.65 bits per heavy atom. The van der Waals surface area contributed by atoms with E-state index >= 15 is 0 Å². The average molecular weight is 332 g/mol. The van der Waals surface area contributed by atoms with Gasteiger partial charge in [0.05, 0.1) is 11.9 Å². The summed E-state index contributed by atoms with van der Waals surface area (Å²) in [5.41, 5.74) is 1.94. The highest BCUT2D eigenvalue weighted by atomic mass is 79.9. The van der Waals surface area contributed by atoms with Crippen molar-refractivity contribution in [3.63, 3.8) is 0 Å². The van der Waals surface area contributed by atoms with Gasteiger partial charge in [-0.25, -0.2) is 4.98 Å². The molecule has 0 saturated carbocycles. The van der Waals surface area contributed by atoms with Gasteiger partial charge < -0.3 is 5.32 Å². The topological polar surface area (TPSA) is 24.9 Å². The quantitative estimate of drug-likeness (QED) is 0.820. The molecule has 88 valence electrons. The third-order valence-corrected chi connectivity index (χ3v) is 3.28. The monoisotopic (exact) mass is 330 g/mol. The lowest BCUT2D eigenvalue weighted by Crippen LogP contribution is -2.00. The van der Waals surface area contributed by atoms with E-state index in [9.17, 15) is 0 Å². The molecule has 0 aliphatic rings. The molecule has 2 rings (SSSR count). The van der Waals surface area contributed by atoms with E-state index in [0.29, 0.717) is 16.6 Å². The lowest BCUT2D eigenvalue weighted by molar-refractivity contribution is 1.13. The number of hydrogen-bond acceptors (Lipinski definition) is 2. The van der Waals surface area contributed by atoms with Gasteiger partial charge in [0.2, 0.25) is 0 Å². The summed E-state index contributed by atoms with van der Waals surface area (Å²) in [6.45, 7) is 0.638. The summed E-state index contributed by atoms with van der Waals surface area (Å²) in [7, 11) is 0. The fourth-order valence-electron chi connectivity index (χ4n) is 1.34. The molecule has 1 heterocycles. The zero-order valence-corrected chi connectivity index (χ0v) is 11.9. The minimum absolute atomic E-state index is 0.638. The van der Waals surface area contributed by atoms with Gasteiger partial charge in [-0.05, 0) is 45.8 Å². The van der Waals surface area contributed by atoms with Gasteiger partial charge in [-0.15, -0.1) is 0 Å². The molecule has 1 N–H and O–H groups in total. The number of hydrogen-bond donors (Lipinski definition) is 1. The Morgan fingerprint density at radius 1 is 1.18 bits per heavy atom. The van der Waals surface area contributed by atoms with Crippen LogP contribution < -0.4 is 5.32 Å². The number of aromatic nitrogens is 1. The van der Waals surface area contributed by atoms with E-state index in [1.54, 1.807) is 12.3 Å². The fraction of sp³-hybridized carbons (Fsp3) is 0.0833. The van der Waals surface area contributed by atoms with Crippen molar-refractivity contribution < 1.29 is 0 Å². The van der Waals surface area contributed by atoms with E-state index in [4.69, 9.17) is 23.2 Å². The number of halogens is 3. The van der Waals surface area contributed by atoms with Crippen LogP contribution in [0.2, 0.25) is 10.0 Å². The van der Waals surface area contributed by atoms with Crippen LogP contribution in [0.3, 0.4) is 0 Å². The van der Waals surface area contributed by atoms with Crippen molar-refractivity contribution in [2.45, 2.75) is 6.54 Å². The van der Waals surface area contributed by atoms with Crippen LogP contribution in [0, 0.1) is 0 Å². The van der Waals surface area contributed by atoms with Crippen molar-refractivity contribution in [1.29, 1.82) is 0 Å². The number of nitrogens with one attached hydrogen (secondary N) is 1. The van der Waals surface area contributed by atoms with Gasteiger partial charge >= 0.3 is 0 Å². The Labute approximate surface area is 118 Å². The smallest absolute Gasteiger partial charge is 0.106 e. The third-order valence-electron chi connectivity index (χ3n) is 2.23. The van der Waals surface area contributed by atoms with Gasteiger partial charge in [0.15, 0.2) is 0 Å². The van der Waals surface area contributed by atoms with Crippen LogP contribution in [-0.2, 0) is 6.54 Å². The van der Waals surface area contributed by atoms with Crippen molar-refractivity contribution in [2.75, 3.05) is 5.32 Å². The molecule has 2 aromatic rings. The molecule has 0 amide bonds. The van der Waals surface area contributed by atoms with Gasteiger partial charge in [-0.1, -0.05) is 29.3 Å². The summed E-state index contributed by atoms with van der Waals surface area (Å²) in [6, 6.07) is 9.29. The molecule has 0 saturated heterocycles. The SMILES string of the molecule is Clc1ccc(CNc2ccc(Br)nc2)c(Cl)c1. The first-order valence-electron chi connectivity index (χ1n) is 4.94. The van der Waals surface area contributed by atoms with E-state index in [1.807, 2.05) is 24.3 Å². The Balaban J connectivity index is 2.04. The molecular formula is C12H9BrCl2N2. The maximum Gasteiger partial charge on any atom is 0.106 e. The summed E-state index contributed by atoms with van der Waals surface area (Å²) in [4.78, 5) is 4.13. The van der Waals surface area contributed by atoms with Crippen molar-refractivity contribution >= 4 is 44.8 Å². The first kappa shape index (κ1) is 12.7. The van der Waals surface area contributed by atoms with Crippen LogP contribution in [0.4, 0.5) is 5.69 Å². The second kappa shape index (κ2) is 5.71. The van der Waals surface area contributed by atoms with Crippen LogP contribution >= 0.6 is 39.1 Å². The molecule has 0 radical (unpaired) electrons. The summed E-state index contributed by atoms with van der Waals surface area (Å²) < 4.78 is 0.813. The van der Waals surface area contributed by atoms with Crippen molar-refractivity contribution in [1.82, 2.24) is 4.98 Å². The molecule has 2 nitrogen and oxygen atoms in total. The third kappa shape index (κ3) is 3.60. The molecule has 0 fully saturated rings. The van der Waals surface area contributed by atoms with E-state index in [2.05, 4.69) is 26.2 Å². The van der Waals surface area contributed by atoms with Crippen LogP contribution in [0.25, 0.3) is 0 Å². The van der Waals surface area contributed by atoms with Crippen LogP contribution in [-0.4, -0.2) is 4.98 Å². The maximum atomic E-state index is 6.07. The summed E-state index contributed by atoms with van der Waals surface area (Å²) in [5.74, 6) is 0. The van der Waals surface area contributed by atoms with Crippen molar-refractivity contribution in [3.05, 3.63) is 56.7 Å². The van der Waals surface area contributed by atoms with Crippen molar-refractivity contribution in [2.24, 2.45) is 0 Å². The predicted octanol–water partition coefficient (Wildman–Crippen LogP) is 4.76. The zero-order chi connectivity index (χ0) is 12.3. The number of anilines is 1. The summed E-state index contributed by atoms with van der Waals surface area (Å²) in [5, 5.41) is 4.54. The molecule has 5 heteroatoms. The van der Waals surface area contributed by atoms with E-state index < -0.39 is 0 Å². The number of pyridine rings is 1. The van der Waals surface area contributed by atoms with Crippen LogP contribution in [0.5, 0.6) is 0 Å². The predicted molar refractivity (Wildman–Crippen MR) is 75.7 cm³/mol. The van der Waals surface area contributed by atoms with E-state index in [0.717, 1.165) is 15.9 Å². The molecule has 0 unspecified atom stereocenters. The van der Waals surface area contributed by atoms with Gasteiger partial charge in [0.25, 0.3) is 0 Å². The first-order chi connectivity index (χ1) is 8.15. The number of rotatable bonds is 3. The molecule has 0 bridgehead atoms. The maximum absolute atomic E-state index is 6.07. The molecule has 1 aromatic carbocycles. The van der Waals surface area contributed by atoms with Crippen molar-refractivity contribution in [3.8, 4) is 0 Å². The van der Waals surface area contributed by atoms with Crippen LogP contribution in [0.1, 0.15) is 5.56 Å². The molecule has 0 atom stereocenters. The second-order valence-electron chi connectivity index (χ2n) is 3.46. The average Bonchev–Trinajstić information content (AvgIpc) is 2.30. The largest absolute Gasteiger partial charge is 0.380 e. The number of nitrogens with zero attached hydrogens (tertiary/aromatic N) is 1. The first-order valence-corrected chi connectivity index (χ1v) is 6.49. The Kier molecular flexibility index (Phi) is 4.26. The zero-order valence-electron chi connectivity index (χ0n) is 8.75. The molecule has 1 aromatic heterocycles. The van der Waals surface area contributed by atoms with E-state index in [1.165, 1.54) is 0 Å². The number of benzene rings is 1. The molecule has 0 aliphatic carbocycles.